The zero-order chi connectivity index (χ0) is 14.8. The molecule has 4 heteroatoms. The number of pyridine rings is 1. The molecule has 0 fully saturated rings. The van der Waals surface area contributed by atoms with Crippen LogP contribution in [0, 0.1) is 13.8 Å². The molecule has 21 heavy (non-hydrogen) atoms. The van der Waals surface area contributed by atoms with Gasteiger partial charge in [0, 0.05) is 6.20 Å². The molecule has 0 atom stereocenters. The van der Waals surface area contributed by atoms with Crippen molar-refractivity contribution in [3.8, 4) is 0 Å². The smallest absolute Gasteiger partial charge is 0.357 e. The summed E-state index contributed by atoms with van der Waals surface area (Å²) in [6, 6.07) is 11.8. The van der Waals surface area contributed by atoms with Crippen LogP contribution in [-0.2, 0) is 11.3 Å². The Morgan fingerprint density at radius 1 is 1.14 bits per heavy atom. The van der Waals surface area contributed by atoms with Crippen molar-refractivity contribution in [2.45, 2.75) is 20.5 Å². The van der Waals surface area contributed by atoms with Crippen molar-refractivity contribution in [2.24, 2.45) is 0 Å². The summed E-state index contributed by atoms with van der Waals surface area (Å²) in [5, 5.41) is 0. The van der Waals surface area contributed by atoms with Crippen molar-refractivity contribution in [2.75, 3.05) is 0 Å². The van der Waals surface area contributed by atoms with Crippen LogP contribution in [0.1, 0.15) is 27.2 Å². The Labute approximate surface area is 123 Å². The Bertz CT molecular complexity index is 788. The molecule has 0 spiro atoms. The second-order valence-corrected chi connectivity index (χ2v) is 5.14. The molecular weight excluding hydrogens is 264 g/mol. The summed E-state index contributed by atoms with van der Waals surface area (Å²) in [4.78, 5) is 16.4. The fourth-order valence-electron chi connectivity index (χ4n) is 2.14. The number of esters is 1. The fourth-order valence-corrected chi connectivity index (χ4v) is 2.14. The number of benzene rings is 1. The number of fused-ring (bicyclic) bond motifs is 1. The highest BCUT2D eigenvalue weighted by Gasteiger charge is 2.13. The van der Waals surface area contributed by atoms with E-state index < -0.39 is 0 Å². The summed E-state index contributed by atoms with van der Waals surface area (Å²) in [6.07, 6.45) is 3.38. The molecule has 0 N–H and O–H groups in total. The van der Waals surface area contributed by atoms with Crippen molar-refractivity contribution in [1.82, 2.24) is 9.38 Å². The van der Waals surface area contributed by atoms with Crippen LogP contribution in [-0.4, -0.2) is 15.4 Å². The summed E-state index contributed by atoms with van der Waals surface area (Å²) < 4.78 is 7.09. The number of imidazole rings is 1. The summed E-state index contributed by atoms with van der Waals surface area (Å²) in [6.45, 7) is 4.28. The number of nitrogens with zero attached hydrogens (tertiary/aromatic N) is 2. The number of ether oxygens (including phenoxy) is 1. The van der Waals surface area contributed by atoms with Crippen LogP contribution in [0.5, 0.6) is 0 Å². The molecule has 0 saturated heterocycles. The van der Waals surface area contributed by atoms with Crippen LogP contribution in [0.15, 0.2) is 48.8 Å². The Morgan fingerprint density at radius 2 is 1.90 bits per heavy atom. The van der Waals surface area contributed by atoms with Crippen LogP contribution in [0.25, 0.3) is 5.65 Å². The van der Waals surface area contributed by atoms with Gasteiger partial charge >= 0.3 is 5.97 Å². The number of carbonyl (C=O) groups excluding carboxylic acids is 1. The summed E-state index contributed by atoms with van der Waals surface area (Å²) >= 11 is 0. The Morgan fingerprint density at radius 3 is 2.67 bits per heavy atom. The van der Waals surface area contributed by atoms with Crippen LogP contribution in [0.2, 0.25) is 0 Å². The molecule has 2 heterocycles. The number of hydrogen-bond donors (Lipinski definition) is 0. The number of aryl methyl sites for hydroxylation is 2. The standard InChI is InChI=1S/C17H16N2O2/c1-12-3-5-14(6-4-12)11-21-17(20)15-10-18-16-9-13(2)7-8-19(15)16/h3-10H,11H2,1-2H3. The van der Waals surface area contributed by atoms with Crippen molar-refractivity contribution in [1.29, 1.82) is 0 Å². The third kappa shape index (κ3) is 2.79. The highest BCUT2D eigenvalue weighted by atomic mass is 16.5. The molecule has 2 aromatic heterocycles. The molecule has 0 bridgehead atoms. The highest BCUT2D eigenvalue weighted by Crippen LogP contribution is 2.11. The van der Waals surface area contributed by atoms with Gasteiger partial charge in [0.2, 0.25) is 0 Å². The average molecular weight is 280 g/mol. The zero-order valence-corrected chi connectivity index (χ0v) is 12.0. The van der Waals surface area contributed by atoms with Crippen molar-refractivity contribution < 1.29 is 9.53 Å². The molecule has 0 unspecified atom stereocenters. The first-order chi connectivity index (χ1) is 10.1. The van der Waals surface area contributed by atoms with E-state index in [0.717, 1.165) is 16.8 Å². The van der Waals surface area contributed by atoms with E-state index in [1.807, 2.05) is 56.4 Å². The monoisotopic (exact) mass is 280 g/mol. The van der Waals surface area contributed by atoms with E-state index in [0.29, 0.717) is 5.69 Å². The molecule has 106 valence electrons. The van der Waals surface area contributed by atoms with Crippen LogP contribution < -0.4 is 0 Å². The maximum Gasteiger partial charge on any atom is 0.357 e. The van der Waals surface area contributed by atoms with Gasteiger partial charge in [0.1, 0.15) is 12.3 Å². The predicted molar refractivity (Wildman–Crippen MR) is 80.2 cm³/mol. The maximum absolute atomic E-state index is 12.2. The summed E-state index contributed by atoms with van der Waals surface area (Å²) in [5.41, 5.74) is 4.45. The lowest BCUT2D eigenvalue weighted by Crippen LogP contribution is -2.08. The Hall–Kier alpha value is -2.62. The number of carbonyl (C=O) groups is 1. The molecule has 0 aliphatic carbocycles. The van der Waals surface area contributed by atoms with Gasteiger partial charge in [-0.1, -0.05) is 29.8 Å². The lowest BCUT2D eigenvalue weighted by atomic mass is 10.2. The number of hydrogen-bond acceptors (Lipinski definition) is 3. The van der Waals surface area contributed by atoms with Crippen molar-refractivity contribution in [3.63, 3.8) is 0 Å². The first-order valence-electron chi connectivity index (χ1n) is 6.80. The predicted octanol–water partition coefficient (Wildman–Crippen LogP) is 3.31. The third-order valence-electron chi connectivity index (χ3n) is 3.37. The van der Waals surface area contributed by atoms with Gasteiger partial charge in [0.15, 0.2) is 5.69 Å². The van der Waals surface area contributed by atoms with E-state index >= 15 is 0 Å². The highest BCUT2D eigenvalue weighted by molar-refractivity contribution is 5.88. The molecule has 1 aromatic carbocycles. The van der Waals surface area contributed by atoms with Crippen molar-refractivity contribution in [3.05, 3.63) is 71.2 Å². The topological polar surface area (TPSA) is 43.6 Å². The van der Waals surface area contributed by atoms with Gasteiger partial charge in [-0.3, -0.25) is 4.40 Å². The van der Waals surface area contributed by atoms with Gasteiger partial charge < -0.3 is 4.74 Å². The molecule has 0 aliphatic rings. The van der Waals surface area contributed by atoms with Crippen LogP contribution >= 0.6 is 0 Å². The molecule has 0 radical (unpaired) electrons. The normalized spacial score (nSPS) is 10.8. The SMILES string of the molecule is Cc1ccc(COC(=O)c2cnc3cc(C)ccn23)cc1. The van der Waals surface area contributed by atoms with E-state index in [1.54, 1.807) is 10.6 Å². The largest absolute Gasteiger partial charge is 0.456 e. The minimum absolute atomic E-state index is 0.262. The summed E-state index contributed by atoms with van der Waals surface area (Å²) in [5.74, 6) is -0.369. The third-order valence-corrected chi connectivity index (χ3v) is 3.37. The lowest BCUT2D eigenvalue weighted by molar-refractivity contribution is 0.0464. The minimum Gasteiger partial charge on any atom is -0.456 e. The molecule has 0 aliphatic heterocycles. The first-order valence-corrected chi connectivity index (χ1v) is 6.80. The number of aromatic nitrogens is 2. The Kier molecular flexibility index (Phi) is 3.44. The molecule has 4 nitrogen and oxygen atoms in total. The lowest BCUT2D eigenvalue weighted by Gasteiger charge is -2.05. The fraction of sp³-hybridized carbons (Fsp3) is 0.176. The van der Waals surface area contributed by atoms with E-state index in [-0.39, 0.29) is 12.6 Å². The van der Waals surface area contributed by atoms with E-state index in [1.165, 1.54) is 5.56 Å². The second-order valence-electron chi connectivity index (χ2n) is 5.14. The van der Waals surface area contributed by atoms with Gasteiger partial charge in [-0.25, -0.2) is 9.78 Å². The van der Waals surface area contributed by atoms with E-state index in [4.69, 9.17) is 4.74 Å². The summed E-state index contributed by atoms with van der Waals surface area (Å²) in [7, 11) is 0. The molecule has 3 rings (SSSR count). The molecule has 0 saturated carbocycles. The number of rotatable bonds is 3. The van der Waals surface area contributed by atoms with Gasteiger partial charge in [-0.2, -0.15) is 0 Å². The van der Waals surface area contributed by atoms with Crippen LogP contribution in [0.3, 0.4) is 0 Å². The van der Waals surface area contributed by atoms with Gasteiger partial charge in [0.05, 0.1) is 6.20 Å². The molecular formula is C17H16N2O2. The second kappa shape index (κ2) is 5.40. The maximum atomic E-state index is 12.2. The molecule has 3 aromatic rings. The van der Waals surface area contributed by atoms with Gasteiger partial charge in [-0.05, 0) is 37.1 Å². The van der Waals surface area contributed by atoms with E-state index in [9.17, 15) is 4.79 Å². The minimum atomic E-state index is -0.369. The first kappa shape index (κ1) is 13.4. The quantitative estimate of drug-likeness (QED) is 0.691. The Balaban J connectivity index is 1.76. The van der Waals surface area contributed by atoms with Crippen LogP contribution in [0.4, 0.5) is 0 Å². The average Bonchev–Trinajstić information content (AvgIpc) is 2.89. The van der Waals surface area contributed by atoms with Gasteiger partial charge in [0.25, 0.3) is 0 Å². The van der Waals surface area contributed by atoms with Crippen molar-refractivity contribution >= 4 is 11.6 Å². The van der Waals surface area contributed by atoms with E-state index in [2.05, 4.69) is 4.98 Å². The van der Waals surface area contributed by atoms with Gasteiger partial charge in [-0.15, -0.1) is 0 Å². The molecule has 0 amide bonds. The zero-order valence-electron chi connectivity index (χ0n) is 12.0.